The van der Waals surface area contributed by atoms with Crippen molar-refractivity contribution < 1.29 is 124 Å². The molecule has 19 aliphatic rings. The summed E-state index contributed by atoms with van der Waals surface area (Å²) in [6, 6.07) is 0. The molecule has 6 atom stereocenters. The summed E-state index contributed by atoms with van der Waals surface area (Å²) >= 11 is 0. The molecular weight excluding hydrogens is 1880 g/mol. The quantitative estimate of drug-likeness (QED) is 0.0319. The minimum absolute atomic E-state index is 0.00236. The van der Waals surface area contributed by atoms with E-state index in [1.807, 2.05) is 159 Å². The van der Waals surface area contributed by atoms with Gasteiger partial charge in [0, 0.05) is 0 Å². The predicted molar refractivity (Wildman–Crippen MR) is 567 cm³/mol. The van der Waals surface area contributed by atoms with Gasteiger partial charge >= 0.3 is 77.6 Å². The van der Waals surface area contributed by atoms with Gasteiger partial charge in [-0.1, -0.05) is 87.5 Å². The maximum absolute atomic E-state index is 12.6. The molecule has 19 fully saturated rings. The van der Waals surface area contributed by atoms with Crippen molar-refractivity contribution in [2.24, 2.45) is 132 Å². The Bertz CT molecular complexity index is 4180. The topological polar surface area (TPSA) is 342 Å². The van der Waals surface area contributed by atoms with Crippen molar-refractivity contribution in [3.05, 3.63) is 0 Å². The Balaban J connectivity index is 0.000000189. The van der Waals surface area contributed by atoms with Crippen LogP contribution < -0.4 is 0 Å². The highest BCUT2D eigenvalue weighted by molar-refractivity contribution is 5.83. The summed E-state index contributed by atoms with van der Waals surface area (Å²) in [4.78, 5) is 155. The zero-order valence-corrected chi connectivity index (χ0v) is 96.6. The van der Waals surface area contributed by atoms with Crippen LogP contribution in [-0.2, 0) is 124 Å². The number of carbonyl (C=O) groups excluding carboxylic acids is 13. The average Bonchev–Trinajstić information content (AvgIpc) is 0.853. The largest absolute Gasteiger partial charge is 0.462 e. The second-order valence-corrected chi connectivity index (χ2v) is 53.5. The summed E-state index contributed by atoms with van der Waals surface area (Å²) in [6.07, 6.45) is 54.3. The molecule has 19 saturated carbocycles. The van der Waals surface area contributed by atoms with Crippen LogP contribution in [0.15, 0.2) is 0 Å². The van der Waals surface area contributed by atoms with Gasteiger partial charge in [0.1, 0.15) is 62.0 Å². The lowest BCUT2D eigenvalue weighted by atomic mass is 9.49. The highest BCUT2D eigenvalue weighted by Crippen LogP contribution is 2.62. The number of ether oxygens (including phenoxy) is 13. The lowest BCUT2D eigenvalue weighted by molar-refractivity contribution is -0.196. The van der Waals surface area contributed by atoms with Gasteiger partial charge in [-0.05, 0) is 470 Å². The van der Waals surface area contributed by atoms with Crippen LogP contribution in [0.3, 0.4) is 0 Å². The highest BCUT2D eigenvalue weighted by Gasteiger charge is 2.58. The molecule has 6 unspecified atom stereocenters. The van der Waals surface area contributed by atoms with E-state index in [0.29, 0.717) is 31.1 Å². The number of hydrogen-bond acceptors (Lipinski definition) is 26. The number of rotatable bonds is 36. The van der Waals surface area contributed by atoms with Crippen molar-refractivity contribution in [3.63, 3.8) is 0 Å². The van der Waals surface area contributed by atoms with Crippen LogP contribution in [0.1, 0.15) is 481 Å². The van der Waals surface area contributed by atoms with E-state index < -0.39 is 39.0 Å². The van der Waals surface area contributed by atoms with Gasteiger partial charge in [-0.2, -0.15) is 0 Å². The van der Waals surface area contributed by atoms with Gasteiger partial charge in [0.2, 0.25) is 0 Å². The zero-order valence-electron chi connectivity index (χ0n) is 96.6. The number of fused-ring (bicyclic) bond motifs is 4. The van der Waals surface area contributed by atoms with Crippen molar-refractivity contribution in [2.45, 2.75) is 516 Å². The van der Waals surface area contributed by atoms with E-state index in [-0.39, 0.29) is 175 Å². The fraction of sp³-hybridized carbons (Fsp3) is 0.893. The standard InChI is InChI=1S/C19H30O4.C18H28O4.C16H26O2.C15H24O4.C15H26O4.C14H24O4.C13H22O2.C12H22O2/c1-4-18(2,3)16(20)22-5-6-23-17(21)19-10-13-7-14(11-19)9-15(8-13)12-19;1-4-17(2,3)16(20)21-11-15(19)22-18-8-12-5-13(9-18)7-14(6-12)10-18;1-4-15(2,3)14(17)18-16-8-11-5-12(9-16)7-13(6-11)10-16;1-4-15(2,3)14(17)18-9-13(16)19-12-8-10-5-6-11(12)7-10;1-4-15(2,3)14(17)19-11-10-18-13(16)12-8-6-5-7-9-12;1-4-14(2,3)13(16)17-10-12(15)18-11-8-6-5-7-9-11;1-4-13(2,3)12(14)15-11-8-9-5-6-10(11)7-9;1-4-12(2,3)11(13)14-10-8-6-5-7-9-10/h13-15H,4-12H2,1-3H3;12-14H,4-11H2,1-3H3;11-13H,4-10H2,1-3H3;10-12H,4-9H2,1-3H3;12H,4-11H2,1-3H3;11H,4-10H2,1-3H3;9-11H,4-8H2,1-3H3;10H,4-9H2,1-3H3. The van der Waals surface area contributed by atoms with Crippen molar-refractivity contribution in [3.8, 4) is 0 Å². The smallest absolute Gasteiger partial charge is 0.344 e. The Morgan fingerprint density at radius 1 is 0.230 bits per heavy atom. The Hall–Kier alpha value is -6.89. The minimum atomic E-state index is -0.541. The molecule has 26 heteroatoms. The fourth-order valence-electron chi connectivity index (χ4n) is 26.0. The van der Waals surface area contributed by atoms with Gasteiger partial charge in [-0.25, -0.2) is 14.4 Å². The summed E-state index contributed by atoms with van der Waals surface area (Å²) in [5.41, 5.74) is -4.02. The summed E-state index contributed by atoms with van der Waals surface area (Å²) in [5.74, 6) is 6.97. The lowest BCUT2D eigenvalue weighted by Crippen LogP contribution is -2.53. The highest BCUT2D eigenvalue weighted by atomic mass is 16.6. The van der Waals surface area contributed by atoms with E-state index >= 15 is 0 Å². The molecule has 846 valence electrons. The van der Waals surface area contributed by atoms with Crippen LogP contribution in [0, 0.1) is 132 Å². The normalized spacial score (nSPS) is 29.3. The molecule has 0 aromatic carbocycles. The van der Waals surface area contributed by atoms with Gasteiger partial charge in [0.05, 0.1) is 54.7 Å². The number of esters is 13. The van der Waals surface area contributed by atoms with E-state index in [1.54, 1.807) is 0 Å². The summed E-state index contributed by atoms with van der Waals surface area (Å²) in [6.45, 7) is 46.0. The maximum atomic E-state index is 12.6. The van der Waals surface area contributed by atoms with Crippen LogP contribution in [-0.4, -0.2) is 159 Å². The van der Waals surface area contributed by atoms with Crippen molar-refractivity contribution in [1.29, 1.82) is 0 Å². The Labute approximate surface area is 890 Å². The third kappa shape index (κ3) is 36.6. The first-order chi connectivity index (χ1) is 69.5. The molecular formula is C122H202O26. The van der Waals surface area contributed by atoms with Crippen molar-refractivity contribution >= 4 is 77.6 Å². The third-order valence-electron chi connectivity index (χ3n) is 38.1. The van der Waals surface area contributed by atoms with Crippen molar-refractivity contribution in [2.75, 3.05) is 46.2 Å². The summed E-state index contributed by atoms with van der Waals surface area (Å²) < 4.78 is 70.0. The van der Waals surface area contributed by atoms with E-state index in [9.17, 15) is 62.3 Å². The van der Waals surface area contributed by atoms with E-state index in [0.717, 1.165) is 232 Å². The minimum Gasteiger partial charge on any atom is -0.462 e. The van der Waals surface area contributed by atoms with Crippen LogP contribution in [0.4, 0.5) is 0 Å². The predicted octanol–water partition coefficient (Wildman–Crippen LogP) is 26.2. The van der Waals surface area contributed by atoms with Gasteiger partial charge in [0.25, 0.3) is 0 Å². The molecule has 26 nitrogen and oxygen atoms in total. The molecule has 0 saturated heterocycles. The van der Waals surface area contributed by atoms with Crippen molar-refractivity contribution in [1.82, 2.24) is 0 Å². The first-order valence-electron chi connectivity index (χ1n) is 59.0. The molecule has 0 N–H and O–H groups in total. The monoisotopic (exact) mass is 2080 g/mol. The van der Waals surface area contributed by atoms with Gasteiger partial charge in [0.15, 0.2) is 19.8 Å². The summed E-state index contributed by atoms with van der Waals surface area (Å²) in [5, 5.41) is 0. The Morgan fingerprint density at radius 2 is 0.500 bits per heavy atom. The van der Waals surface area contributed by atoms with Crippen LogP contribution in [0.5, 0.6) is 0 Å². The molecule has 19 rings (SSSR count). The zero-order chi connectivity index (χ0) is 109. The molecule has 0 aliphatic heterocycles. The fourth-order valence-corrected chi connectivity index (χ4v) is 26.0. The molecule has 19 aliphatic carbocycles. The van der Waals surface area contributed by atoms with Gasteiger partial charge < -0.3 is 61.6 Å². The van der Waals surface area contributed by atoms with E-state index in [1.165, 1.54) is 128 Å². The third-order valence-corrected chi connectivity index (χ3v) is 38.1. The van der Waals surface area contributed by atoms with Gasteiger partial charge in [-0.3, -0.25) is 47.9 Å². The SMILES string of the molecule is CCC(C)(C)C(=O)OC12CC3CC(CC(C3)C1)C2.CCC(C)(C)C(=O)OC1CC2CCC1C2.CCC(C)(C)C(=O)OC1CCCCC1.CCC(C)(C)C(=O)OCC(=O)OC12CC3CC(CC(C3)C1)C2.CCC(C)(C)C(=O)OCC(=O)OC1CC2CCC1C2.CCC(C)(C)C(=O)OCC(=O)OC1CCCCC1.CCC(C)(C)C(=O)OCCOC(=O)C12CC3CC(CC(C3)C1)C2.CCC(C)(C)C(=O)OCCOC(=O)C1CCCCC1. The Morgan fingerprint density at radius 3 is 0.831 bits per heavy atom. The van der Waals surface area contributed by atoms with E-state index in [2.05, 4.69) is 6.92 Å². The first kappa shape index (κ1) is 125. The molecule has 0 aromatic heterocycles. The number of hydrogen-bond donors (Lipinski definition) is 0. The van der Waals surface area contributed by atoms with Crippen LogP contribution in [0.25, 0.3) is 0 Å². The molecule has 148 heavy (non-hydrogen) atoms. The number of carbonyl (C=O) groups is 13. The molecule has 0 radical (unpaired) electrons. The average molecular weight is 2080 g/mol. The maximum Gasteiger partial charge on any atom is 0.344 e. The second kappa shape index (κ2) is 55.5. The van der Waals surface area contributed by atoms with E-state index in [4.69, 9.17) is 61.6 Å². The first-order valence-corrected chi connectivity index (χ1v) is 59.0. The molecule has 16 bridgehead atoms. The molecule has 0 heterocycles. The van der Waals surface area contributed by atoms with Gasteiger partial charge in [-0.15, -0.1) is 0 Å². The Kier molecular flexibility index (Phi) is 46.7. The second-order valence-electron chi connectivity index (χ2n) is 53.5. The van der Waals surface area contributed by atoms with Crippen LogP contribution >= 0.6 is 0 Å². The summed E-state index contributed by atoms with van der Waals surface area (Å²) in [7, 11) is 0. The molecule has 0 aromatic rings. The van der Waals surface area contributed by atoms with Crippen LogP contribution in [0.2, 0.25) is 0 Å². The molecule has 0 spiro atoms. The molecule has 0 amide bonds. The lowest BCUT2D eigenvalue weighted by Gasteiger charge is -2.56.